The van der Waals surface area contributed by atoms with Crippen molar-refractivity contribution in [2.24, 2.45) is 0 Å². The van der Waals surface area contributed by atoms with E-state index in [0.717, 1.165) is 46.0 Å². The molecule has 2 amide bonds. The van der Waals surface area contributed by atoms with Crippen molar-refractivity contribution in [3.8, 4) is 11.1 Å². The van der Waals surface area contributed by atoms with Crippen LogP contribution in [0.4, 0.5) is 14.9 Å². The van der Waals surface area contributed by atoms with E-state index in [-0.39, 0.29) is 30.4 Å². The van der Waals surface area contributed by atoms with Gasteiger partial charge in [0.15, 0.2) is 0 Å². The first-order valence-electron chi connectivity index (χ1n) is 13.4. The third-order valence-corrected chi connectivity index (χ3v) is 7.20. The van der Waals surface area contributed by atoms with Gasteiger partial charge in [0, 0.05) is 5.92 Å². The van der Waals surface area contributed by atoms with E-state index in [1.807, 2.05) is 78.9 Å². The Morgan fingerprint density at radius 2 is 1.50 bits per heavy atom. The Kier molecular flexibility index (Phi) is 8.59. The lowest BCUT2D eigenvalue weighted by Gasteiger charge is -2.25. The SMILES string of the molecule is CC(OCc1ccccc1)C(NC(=O)OCC1c2ccccc2-c2ccccc21)C(=O)Nc1cc(C(=O)O)ccc1F. The number of amides is 2. The van der Waals surface area contributed by atoms with Crippen LogP contribution in [0.15, 0.2) is 97.1 Å². The van der Waals surface area contributed by atoms with Crippen molar-refractivity contribution in [2.45, 2.75) is 31.6 Å². The summed E-state index contributed by atoms with van der Waals surface area (Å²) in [6.45, 7) is 1.78. The summed E-state index contributed by atoms with van der Waals surface area (Å²) in [7, 11) is 0. The number of nitrogens with one attached hydrogen (secondary N) is 2. The van der Waals surface area contributed by atoms with Crippen LogP contribution < -0.4 is 10.6 Å². The zero-order valence-corrected chi connectivity index (χ0v) is 22.8. The highest BCUT2D eigenvalue weighted by Gasteiger charge is 2.32. The van der Waals surface area contributed by atoms with Gasteiger partial charge in [-0.2, -0.15) is 0 Å². The minimum atomic E-state index is -1.29. The number of hydrogen-bond donors (Lipinski definition) is 3. The molecule has 0 bridgehead atoms. The van der Waals surface area contributed by atoms with E-state index in [1.165, 1.54) is 0 Å². The van der Waals surface area contributed by atoms with Crippen molar-refractivity contribution in [3.63, 3.8) is 0 Å². The molecule has 0 fully saturated rings. The molecule has 4 aromatic rings. The first-order valence-corrected chi connectivity index (χ1v) is 13.4. The summed E-state index contributed by atoms with van der Waals surface area (Å²) in [5, 5.41) is 14.2. The largest absolute Gasteiger partial charge is 0.478 e. The molecular weight excluding hydrogens is 539 g/mol. The minimum absolute atomic E-state index is 0.0305. The maximum Gasteiger partial charge on any atom is 0.407 e. The lowest BCUT2D eigenvalue weighted by molar-refractivity contribution is -0.122. The number of ether oxygens (including phenoxy) is 2. The Hall–Kier alpha value is -5.02. The third-order valence-electron chi connectivity index (χ3n) is 7.20. The van der Waals surface area contributed by atoms with Gasteiger partial charge in [0.1, 0.15) is 18.5 Å². The van der Waals surface area contributed by atoms with Crippen LogP contribution in [-0.2, 0) is 20.9 Å². The Bertz CT molecular complexity index is 1560. The van der Waals surface area contributed by atoms with Crippen LogP contribution >= 0.6 is 0 Å². The van der Waals surface area contributed by atoms with Crippen molar-refractivity contribution in [2.75, 3.05) is 11.9 Å². The summed E-state index contributed by atoms with van der Waals surface area (Å²) in [5.74, 6) is -3.09. The maximum atomic E-state index is 14.5. The van der Waals surface area contributed by atoms with Gasteiger partial charge < -0.3 is 25.2 Å². The first kappa shape index (κ1) is 28.5. The van der Waals surface area contributed by atoms with Crippen LogP contribution in [0.2, 0.25) is 0 Å². The molecule has 0 aromatic heterocycles. The van der Waals surface area contributed by atoms with Crippen LogP contribution in [0.5, 0.6) is 0 Å². The molecule has 2 atom stereocenters. The van der Waals surface area contributed by atoms with Crippen molar-refractivity contribution >= 4 is 23.7 Å². The number of rotatable bonds is 10. The van der Waals surface area contributed by atoms with Gasteiger partial charge in [-0.1, -0.05) is 78.9 Å². The zero-order valence-electron chi connectivity index (χ0n) is 22.8. The lowest BCUT2D eigenvalue weighted by Crippen LogP contribution is -2.51. The van der Waals surface area contributed by atoms with E-state index in [2.05, 4.69) is 10.6 Å². The van der Waals surface area contributed by atoms with Gasteiger partial charge in [-0.25, -0.2) is 14.0 Å². The van der Waals surface area contributed by atoms with Crippen LogP contribution in [0.3, 0.4) is 0 Å². The van der Waals surface area contributed by atoms with Crippen LogP contribution in [0.1, 0.15) is 39.9 Å². The van der Waals surface area contributed by atoms with Crippen LogP contribution in [0.25, 0.3) is 11.1 Å². The Balaban J connectivity index is 1.31. The fraction of sp³-hybridized carbons (Fsp3) is 0.182. The number of anilines is 1. The summed E-state index contributed by atoms with van der Waals surface area (Å²) in [4.78, 5) is 37.8. The van der Waals surface area contributed by atoms with E-state index in [1.54, 1.807) is 6.92 Å². The normalized spacial score (nSPS) is 13.4. The molecule has 3 N–H and O–H groups in total. The molecule has 0 spiro atoms. The van der Waals surface area contributed by atoms with Gasteiger partial charge >= 0.3 is 12.1 Å². The molecular formula is C33H29FN2O6. The lowest BCUT2D eigenvalue weighted by atomic mass is 9.98. The predicted molar refractivity (Wildman–Crippen MR) is 155 cm³/mol. The molecule has 0 saturated heterocycles. The maximum absolute atomic E-state index is 14.5. The molecule has 0 radical (unpaired) electrons. The molecule has 1 aliphatic rings. The molecule has 9 heteroatoms. The van der Waals surface area contributed by atoms with Gasteiger partial charge in [-0.15, -0.1) is 0 Å². The minimum Gasteiger partial charge on any atom is -0.478 e. The second-order valence-electron chi connectivity index (χ2n) is 9.94. The molecule has 1 aliphatic carbocycles. The van der Waals surface area contributed by atoms with Crippen LogP contribution in [-0.4, -0.2) is 41.8 Å². The summed E-state index contributed by atoms with van der Waals surface area (Å²) in [6.07, 6.45) is -1.72. The van der Waals surface area contributed by atoms with Gasteiger partial charge in [-0.05, 0) is 52.9 Å². The van der Waals surface area contributed by atoms with Crippen LogP contribution in [0, 0.1) is 5.82 Å². The number of carboxylic acids is 1. The quantitative estimate of drug-likeness (QED) is 0.217. The summed E-state index contributed by atoms with van der Waals surface area (Å²) < 4.78 is 26.0. The summed E-state index contributed by atoms with van der Waals surface area (Å²) in [5.41, 5.74) is 4.53. The standard InChI is InChI=1S/C33H29FN2O6/c1-20(41-18-21-9-3-2-4-10-21)30(31(37)35-29-17-22(32(38)39)15-16-28(29)34)36-33(40)42-19-27-25-13-7-5-11-23(25)24-12-6-8-14-26(24)27/h2-17,20,27,30H,18-19H2,1H3,(H,35,37)(H,36,40)(H,38,39). The predicted octanol–water partition coefficient (Wildman–Crippen LogP) is 5.98. The molecule has 2 unspecified atom stereocenters. The van der Waals surface area contributed by atoms with Gasteiger partial charge in [-0.3, -0.25) is 4.79 Å². The number of carboxylic acid groups (broad SMARTS) is 1. The Morgan fingerprint density at radius 1 is 0.881 bits per heavy atom. The molecule has 214 valence electrons. The van der Waals surface area contributed by atoms with Crippen molar-refractivity contribution in [1.29, 1.82) is 0 Å². The molecule has 8 nitrogen and oxygen atoms in total. The number of halogens is 1. The highest BCUT2D eigenvalue weighted by molar-refractivity contribution is 5.98. The zero-order chi connectivity index (χ0) is 29.6. The second kappa shape index (κ2) is 12.7. The average Bonchev–Trinajstić information content (AvgIpc) is 3.32. The highest BCUT2D eigenvalue weighted by atomic mass is 19.1. The second-order valence-corrected chi connectivity index (χ2v) is 9.94. The Labute approximate surface area is 242 Å². The van der Waals surface area contributed by atoms with Crippen molar-refractivity contribution in [3.05, 3.63) is 125 Å². The molecule has 0 heterocycles. The van der Waals surface area contributed by atoms with Crippen molar-refractivity contribution < 1.29 is 33.4 Å². The van der Waals surface area contributed by atoms with Gasteiger partial charge in [0.2, 0.25) is 5.91 Å². The number of fused-ring (bicyclic) bond motifs is 3. The van der Waals surface area contributed by atoms with E-state index in [0.29, 0.717) is 0 Å². The topological polar surface area (TPSA) is 114 Å². The van der Waals surface area contributed by atoms with E-state index in [9.17, 15) is 23.9 Å². The van der Waals surface area contributed by atoms with Gasteiger partial charge in [0.05, 0.1) is 24.0 Å². The number of carbonyl (C=O) groups is 3. The molecule has 0 aliphatic heterocycles. The van der Waals surface area contributed by atoms with E-state index in [4.69, 9.17) is 9.47 Å². The number of benzene rings is 4. The summed E-state index contributed by atoms with van der Waals surface area (Å²) in [6, 6.07) is 26.8. The van der Waals surface area contributed by atoms with Crippen molar-refractivity contribution in [1.82, 2.24) is 5.32 Å². The molecule has 5 rings (SSSR count). The highest BCUT2D eigenvalue weighted by Crippen LogP contribution is 2.44. The number of alkyl carbamates (subject to hydrolysis) is 1. The number of carbonyl (C=O) groups excluding carboxylic acids is 2. The molecule has 0 saturated carbocycles. The third kappa shape index (κ3) is 6.31. The van der Waals surface area contributed by atoms with E-state index >= 15 is 0 Å². The number of hydrogen-bond acceptors (Lipinski definition) is 5. The fourth-order valence-electron chi connectivity index (χ4n) is 5.03. The average molecular weight is 569 g/mol. The molecule has 4 aromatic carbocycles. The number of aromatic carboxylic acids is 1. The first-order chi connectivity index (χ1) is 20.3. The Morgan fingerprint density at radius 3 is 2.14 bits per heavy atom. The van der Waals surface area contributed by atoms with E-state index < -0.39 is 35.9 Å². The summed E-state index contributed by atoms with van der Waals surface area (Å²) >= 11 is 0. The fourth-order valence-corrected chi connectivity index (χ4v) is 5.03. The smallest absolute Gasteiger partial charge is 0.407 e. The molecule has 42 heavy (non-hydrogen) atoms. The monoisotopic (exact) mass is 568 g/mol. The van der Waals surface area contributed by atoms with Gasteiger partial charge in [0.25, 0.3) is 0 Å².